The van der Waals surface area contributed by atoms with E-state index in [-0.39, 0.29) is 18.5 Å². The van der Waals surface area contributed by atoms with Crippen LogP contribution in [0, 0.1) is 5.92 Å². The van der Waals surface area contributed by atoms with Gasteiger partial charge in [-0.25, -0.2) is 0 Å². The molecule has 0 aliphatic rings. The van der Waals surface area contributed by atoms with Crippen LogP contribution in [0.2, 0.25) is 0 Å². The summed E-state index contributed by atoms with van der Waals surface area (Å²) in [5, 5.41) is 0. The van der Waals surface area contributed by atoms with Crippen molar-refractivity contribution in [1.82, 2.24) is 0 Å². The Morgan fingerprint density at radius 2 is 2.33 bits per heavy atom. The maximum atomic E-state index is 11.1. The summed E-state index contributed by atoms with van der Waals surface area (Å²) in [5.41, 5.74) is 5.60. The number of rotatable bonds is 5. The largest absolute Gasteiger partial charge is 0.460 e. The number of nitrogens with two attached hydrogens (primary N) is 1. The highest BCUT2D eigenvalue weighted by atomic mass is 16.5. The average molecular weight is 171 g/mol. The van der Waals surface area contributed by atoms with Gasteiger partial charge >= 0.3 is 5.97 Å². The Morgan fingerprint density at radius 3 is 2.75 bits per heavy atom. The van der Waals surface area contributed by atoms with Gasteiger partial charge in [-0.15, -0.1) is 0 Å². The fourth-order valence-electron chi connectivity index (χ4n) is 0.724. The molecule has 0 aromatic rings. The van der Waals surface area contributed by atoms with E-state index in [1.807, 2.05) is 13.8 Å². The zero-order valence-corrected chi connectivity index (χ0v) is 7.75. The molecule has 0 aromatic heterocycles. The SMILES string of the molecule is C=CCOC(=O)[C@H](N)[C@H](C)CC. The van der Waals surface area contributed by atoms with Gasteiger partial charge in [-0.2, -0.15) is 0 Å². The minimum Gasteiger partial charge on any atom is -0.460 e. The maximum absolute atomic E-state index is 11.1. The number of carbonyl (C=O) groups excluding carboxylic acids is 1. The van der Waals surface area contributed by atoms with Gasteiger partial charge in [-0.05, 0) is 5.92 Å². The van der Waals surface area contributed by atoms with Crippen molar-refractivity contribution in [3.8, 4) is 0 Å². The van der Waals surface area contributed by atoms with Crippen molar-refractivity contribution < 1.29 is 9.53 Å². The summed E-state index contributed by atoms with van der Waals surface area (Å²) in [5.74, 6) is -0.174. The number of carbonyl (C=O) groups is 1. The topological polar surface area (TPSA) is 52.3 Å². The number of esters is 1. The third-order valence-electron chi connectivity index (χ3n) is 1.87. The predicted octanol–water partition coefficient (Wildman–Crippen LogP) is 1.09. The molecule has 0 aromatic carbocycles. The van der Waals surface area contributed by atoms with E-state index in [2.05, 4.69) is 6.58 Å². The molecule has 0 radical (unpaired) electrons. The second kappa shape index (κ2) is 5.77. The molecule has 2 N–H and O–H groups in total. The fourth-order valence-corrected chi connectivity index (χ4v) is 0.724. The van der Waals surface area contributed by atoms with Crippen molar-refractivity contribution in [2.45, 2.75) is 26.3 Å². The normalized spacial score (nSPS) is 14.9. The van der Waals surface area contributed by atoms with Crippen molar-refractivity contribution in [3.05, 3.63) is 12.7 Å². The Kier molecular flexibility index (Phi) is 5.37. The summed E-state index contributed by atoms with van der Waals surface area (Å²) in [4.78, 5) is 11.1. The van der Waals surface area contributed by atoms with E-state index in [1.165, 1.54) is 6.08 Å². The van der Waals surface area contributed by atoms with Crippen LogP contribution in [0.5, 0.6) is 0 Å². The molecule has 0 aliphatic heterocycles. The van der Waals surface area contributed by atoms with E-state index >= 15 is 0 Å². The average Bonchev–Trinajstić information content (AvgIpc) is 2.11. The first kappa shape index (κ1) is 11.2. The summed E-state index contributed by atoms with van der Waals surface area (Å²) >= 11 is 0. The molecule has 0 aliphatic carbocycles. The van der Waals surface area contributed by atoms with Crippen LogP contribution in [0.25, 0.3) is 0 Å². The molecule has 0 amide bonds. The Balaban J connectivity index is 3.83. The van der Waals surface area contributed by atoms with E-state index in [4.69, 9.17) is 10.5 Å². The molecule has 0 unspecified atom stereocenters. The Morgan fingerprint density at radius 1 is 1.75 bits per heavy atom. The number of hydrogen-bond acceptors (Lipinski definition) is 3. The Bertz CT molecular complexity index is 157. The van der Waals surface area contributed by atoms with E-state index < -0.39 is 6.04 Å². The van der Waals surface area contributed by atoms with Crippen molar-refractivity contribution >= 4 is 5.97 Å². The maximum Gasteiger partial charge on any atom is 0.323 e. The van der Waals surface area contributed by atoms with E-state index in [0.717, 1.165) is 6.42 Å². The molecule has 0 bridgehead atoms. The standard InChI is InChI=1S/C9H17NO2/c1-4-6-12-9(11)8(10)7(3)5-2/h4,7-8H,1,5-6,10H2,2-3H3/t7-,8-/m1/s1. The summed E-state index contributed by atoms with van der Waals surface area (Å²) in [6.45, 7) is 7.60. The number of ether oxygens (including phenoxy) is 1. The van der Waals surface area contributed by atoms with E-state index in [9.17, 15) is 4.79 Å². The third-order valence-corrected chi connectivity index (χ3v) is 1.87. The molecule has 70 valence electrons. The molecule has 12 heavy (non-hydrogen) atoms. The molecule has 0 rings (SSSR count). The van der Waals surface area contributed by atoms with Gasteiger partial charge in [0.1, 0.15) is 12.6 Å². The van der Waals surface area contributed by atoms with E-state index in [0.29, 0.717) is 0 Å². The number of hydrogen-bond donors (Lipinski definition) is 1. The first-order valence-electron chi connectivity index (χ1n) is 4.16. The van der Waals surface area contributed by atoms with Crippen LogP contribution in [-0.2, 0) is 9.53 Å². The smallest absolute Gasteiger partial charge is 0.323 e. The second-order valence-electron chi connectivity index (χ2n) is 2.83. The monoisotopic (exact) mass is 171 g/mol. The van der Waals surface area contributed by atoms with Crippen LogP contribution in [0.15, 0.2) is 12.7 Å². The minimum atomic E-state index is -0.505. The van der Waals surface area contributed by atoms with Crippen molar-refractivity contribution in [3.63, 3.8) is 0 Å². The van der Waals surface area contributed by atoms with Gasteiger partial charge in [0, 0.05) is 0 Å². The molecule has 0 spiro atoms. The molecule has 3 nitrogen and oxygen atoms in total. The van der Waals surface area contributed by atoms with Crippen LogP contribution >= 0.6 is 0 Å². The highest BCUT2D eigenvalue weighted by Crippen LogP contribution is 2.06. The molecule has 0 saturated carbocycles. The predicted molar refractivity (Wildman–Crippen MR) is 48.6 cm³/mol. The molecule has 0 heterocycles. The van der Waals surface area contributed by atoms with Gasteiger partial charge in [0.2, 0.25) is 0 Å². The molecular formula is C9H17NO2. The lowest BCUT2D eigenvalue weighted by atomic mass is 10.0. The van der Waals surface area contributed by atoms with E-state index in [1.54, 1.807) is 0 Å². The van der Waals surface area contributed by atoms with Crippen molar-refractivity contribution in [2.24, 2.45) is 11.7 Å². The summed E-state index contributed by atoms with van der Waals surface area (Å²) < 4.78 is 4.79. The minimum absolute atomic E-state index is 0.169. The molecule has 2 atom stereocenters. The zero-order chi connectivity index (χ0) is 9.56. The molecular weight excluding hydrogens is 154 g/mol. The van der Waals surface area contributed by atoms with Crippen molar-refractivity contribution in [1.29, 1.82) is 0 Å². The highest BCUT2D eigenvalue weighted by Gasteiger charge is 2.19. The Labute approximate surface area is 73.6 Å². The Hall–Kier alpha value is -0.830. The summed E-state index contributed by atoms with van der Waals surface area (Å²) in [7, 11) is 0. The fraction of sp³-hybridized carbons (Fsp3) is 0.667. The zero-order valence-electron chi connectivity index (χ0n) is 7.75. The summed E-state index contributed by atoms with van der Waals surface area (Å²) in [6.07, 6.45) is 2.41. The lowest BCUT2D eigenvalue weighted by molar-refractivity contribution is -0.145. The van der Waals surface area contributed by atoms with Gasteiger partial charge in [0.15, 0.2) is 0 Å². The van der Waals surface area contributed by atoms with Gasteiger partial charge in [-0.3, -0.25) is 4.79 Å². The lowest BCUT2D eigenvalue weighted by Crippen LogP contribution is -2.38. The summed E-state index contributed by atoms with van der Waals surface area (Å²) in [6, 6.07) is -0.505. The quantitative estimate of drug-likeness (QED) is 0.497. The van der Waals surface area contributed by atoms with Gasteiger partial charge < -0.3 is 10.5 Å². The van der Waals surface area contributed by atoms with Gasteiger partial charge in [-0.1, -0.05) is 32.9 Å². The van der Waals surface area contributed by atoms with Crippen LogP contribution in [-0.4, -0.2) is 18.6 Å². The first-order chi connectivity index (χ1) is 5.63. The van der Waals surface area contributed by atoms with Gasteiger partial charge in [0.25, 0.3) is 0 Å². The van der Waals surface area contributed by atoms with Crippen LogP contribution in [0.3, 0.4) is 0 Å². The molecule has 0 saturated heterocycles. The van der Waals surface area contributed by atoms with Crippen molar-refractivity contribution in [2.75, 3.05) is 6.61 Å². The van der Waals surface area contributed by atoms with Crippen LogP contribution in [0.4, 0.5) is 0 Å². The molecule has 0 fully saturated rings. The van der Waals surface area contributed by atoms with Crippen LogP contribution in [0.1, 0.15) is 20.3 Å². The highest BCUT2D eigenvalue weighted by molar-refractivity contribution is 5.75. The van der Waals surface area contributed by atoms with Crippen LogP contribution < -0.4 is 5.73 Å². The third kappa shape index (κ3) is 3.53. The second-order valence-corrected chi connectivity index (χ2v) is 2.83. The molecule has 3 heteroatoms. The lowest BCUT2D eigenvalue weighted by Gasteiger charge is -2.15. The van der Waals surface area contributed by atoms with Gasteiger partial charge in [0.05, 0.1) is 0 Å². The first-order valence-corrected chi connectivity index (χ1v) is 4.16.